The average Bonchev–Trinajstić information content (AvgIpc) is 3.81. The Morgan fingerprint density at radius 3 is 1.78 bits per heavy atom. The molecular weight excluding hydrogens is 620 g/mol. The molecule has 49 heavy (non-hydrogen) atoms. The molecule has 6 aromatic rings. The SMILES string of the molecule is CCn1nc(C)cc1C(=O)/N=c1\n(C)c2ccccc2n1C/C=C/Cn1/c(=N/C(=O)c2cc(C)nn2CC)n(C)c2c(C(C)O)cccc21. The molecule has 1 atom stereocenters. The van der Waals surface area contributed by atoms with Gasteiger partial charge in [-0.25, -0.2) is 0 Å². The molecule has 0 aliphatic carbocycles. The van der Waals surface area contributed by atoms with E-state index < -0.39 is 12.0 Å². The molecule has 0 saturated heterocycles. The van der Waals surface area contributed by atoms with Crippen LogP contribution in [0.3, 0.4) is 0 Å². The Kier molecular flexibility index (Phi) is 9.20. The number of imidazole rings is 2. The van der Waals surface area contributed by atoms with Gasteiger partial charge in [0, 0.05) is 45.8 Å². The van der Waals surface area contributed by atoms with Gasteiger partial charge in [-0.05, 0) is 65.0 Å². The van der Waals surface area contributed by atoms with Crippen molar-refractivity contribution in [2.75, 3.05) is 0 Å². The molecule has 6 rings (SSSR count). The first-order chi connectivity index (χ1) is 23.5. The van der Waals surface area contributed by atoms with E-state index in [9.17, 15) is 14.7 Å². The molecule has 13 nitrogen and oxygen atoms in total. The van der Waals surface area contributed by atoms with E-state index in [0.717, 1.165) is 39.0 Å². The third kappa shape index (κ3) is 6.13. The Bertz CT molecular complexity index is 2390. The molecule has 4 aromatic heterocycles. The van der Waals surface area contributed by atoms with E-state index in [-0.39, 0.29) is 5.91 Å². The Morgan fingerprint density at radius 1 is 0.755 bits per heavy atom. The maximum absolute atomic E-state index is 13.5. The molecule has 0 aliphatic heterocycles. The number of carbonyl (C=O) groups excluding carboxylic acids is 2. The van der Waals surface area contributed by atoms with Crippen molar-refractivity contribution in [2.24, 2.45) is 24.1 Å². The molecule has 0 spiro atoms. The number of carbonyl (C=O) groups is 2. The summed E-state index contributed by atoms with van der Waals surface area (Å²) in [5.74, 6) is -0.756. The molecule has 0 radical (unpaired) electrons. The molecule has 0 saturated carbocycles. The lowest BCUT2D eigenvalue weighted by molar-refractivity contribution is 0.0977. The van der Waals surface area contributed by atoms with Crippen LogP contribution in [0.15, 0.2) is 76.7 Å². The fourth-order valence-electron chi connectivity index (χ4n) is 6.43. The number of aliphatic hydroxyl groups excluding tert-OH is 1. The maximum Gasteiger partial charge on any atom is 0.298 e. The van der Waals surface area contributed by atoms with Gasteiger partial charge in [-0.15, -0.1) is 0 Å². The first-order valence-corrected chi connectivity index (χ1v) is 16.5. The van der Waals surface area contributed by atoms with Crippen molar-refractivity contribution < 1.29 is 14.7 Å². The van der Waals surface area contributed by atoms with E-state index in [1.54, 1.807) is 28.4 Å². The van der Waals surface area contributed by atoms with Gasteiger partial charge in [0.15, 0.2) is 0 Å². The number of aryl methyl sites for hydroxylation is 6. The van der Waals surface area contributed by atoms with Crippen molar-refractivity contribution in [2.45, 2.75) is 66.9 Å². The summed E-state index contributed by atoms with van der Waals surface area (Å²) >= 11 is 0. The largest absolute Gasteiger partial charge is 0.389 e. The Hall–Kier alpha value is -5.56. The predicted octanol–water partition coefficient (Wildman–Crippen LogP) is 4.11. The standard InChI is InChI=1S/C36H42N10O3/c1-8-45-30(21-23(3)39-45)33(48)37-35-41(6)27-16-10-11-17-28(27)43(35)19-12-13-20-44-29-18-14-15-26(25(5)47)32(29)42(7)36(44)38-34(49)31-22-24(4)40-46(31)9-2/h10-18,21-22,25,47H,8-9,19-20H2,1-7H3/b13-12+,37-35+,38-36+. The van der Waals surface area contributed by atoms with Crippen molar-refractivity contribution in [3.05, 3.63) is 106 Å². The van der Waals surface area contributed by atoms with Crippen LogP contribution in [0, 0.1) is 13.8 Å². The third-order valence-electron chi connectivity index (χ3n) is 8.73. The summed E-state index contributed by atoms with van der Waals surface area (Å²) < 4.78 is 11.1. The van der Waals surface area contributed by atoms with E-state index in [4.69, 9.17) is 0 Å². The number of benzene rings is 2. The molecule has 13 heteroatoms. The van der Waals surface area contributed by atoms with Gasteiger partial charge >= 0.3 is 0 Å². The van der Waals surface area contributed by atoms with Crippen molar-refractivity contribution >= 4 is 33.9 Å². The van der Waals surface area contributed by atoms with Crippen molar-refractivity contribution in [1.29, 1.82) is 0 Å². The molecule has 254 valence electrons. The molecule has 0 fully saturated rings. The van der Waals surface area contributed by atoms with Gasteiger partial charge in [-0.3, -0.25) is 19.0 Å². The summed E-state index contributed by atoms with van der Waals surface area (Å²) in [5, 5.41) is 19.5. The van der Waals surface area contributed by atoms with Crippen LogP contribution < -0.4 is 11.2 Å². The fraction of sp³-hybridized carbons (Fsp3) is 0.333. The fourth-order valence-corrected chi connectivity index (χ4v) is 6.43. The highest BCUT2D eigenvalue weighted by molar-refractivity contribution is 5.94. The highest BCUT2D eigenvalue weighted by Gasteiger charge is 2.19. The number of hydrogen-bond acceptors (Lipinski definition) is 5. The molecule has 2 aromatic carbocycles. The van der Waals surface area contributed by atoms with E-state index in [0.29, 0.717) is 48.8 Å². The van der Waals surface area contributed by atoms with Crippen molar-refractivity contribution in [1.82, 2.24) is 37.8 Å². The van der Waals surface area contributed by atoms with Crippen molar-refractivity contribution in [3.63, 3.8) is 0 Å². The lowest BCUT2D eigenvalue weighted by atomic mass is 10.1. The second kappa shape index (κ2) is 13.5. The van der Waals surface area contributed by atoms with Crippen LogP contribution in [-0.2, 0) is 40.3 Å². The van der Waals surface area contributed by atoms with Gasteiger partial charge in [0.2, 0.25) is 11.2 Å². The summed E-state index contributed by atoms with van der Waals surface area (Å²) in [4.78, 5) is 36.2. The van der Waals surface area contributed by atoms with Gasteiger partial charge in [0.25, 0.3) is 11.8 Å². The highest BCUT2D eigenvalue weighted by atomic mass is 16.3. The summed E-state index contributed by atoms with van der Waals surface area (Å²) in [5.41, 5.74) is 7.57. The van der Waals surface area contributed by atoms with E-state index >= 15 is 0 Å². The number of hydrogen-bond donors (Lipinski definition) is 1. The molecule has 2 amide bonds. The highest BCUT2D eigenvalue weighted by Crippen LogP contribution is 2.23. The Morgan fingerprint density at radius 2 is 1.24 bits per heavy atom. The topological polar surface area (TPSA) is 134 Å². The lowest BCUT2D eigenvalue weighted by Gasteiger charge is -2.08. The number of aliphatic hydroxyl groups is 1. The van der Waals surface area contributed by atoms with Gasteiger partial charge in [-0.1, -0.05) is 36.4 Å². The average molecular weight is 663 g/mol. The predicted molar refractivity (Wildman–Crippen MR) is 187 cm³/mol. The summed E-state index contributed by atoms with van der Waals surface area (Å²) in [6.45, 7) is 11.3. The van der Waals surface area contributed by atoms with Crippen LogP contribution >= 0.6 is 0 Å². The van der Waals surface area contributed by atoms with Crippen LogP contribution in [0.1, 0.15) is 64.8 Å². The van der Waals surface area contributed by atoms with Crippen LogP contribution in [0.5, 0.6) is 0 Å². The molecule has 0 aliphatic rings. The lowest BCUT2D eigenvalue weighted by Crippen LogP contribution is -2.27. The zero-order valence-corrected chi connectivity index (χ0v) is 29.0. The Labute approximate surface area is 283 Å². The van der Waals surface area contributed by atoms with Crippen LogP contribution in [0.25, 0.3) is 22.1 Å². The number of amides is 2. The number of allylic oxidation sites excluding steroid dienone is 2. The number of fused-ring (bicyclic) bond motifs is 2. The zero-order valence-electron chi connectivity index (χ0n) is 29.0. The number of nitrogens with zero attached hydrogens (tertiary/aromatic N) is 10. The molecule has 1 N–H and O–H groups in total. The number of aromatic nitrogens is 8. The smallest absolute Gasteiger partial charge is 0.298 e. The van der Waals surface area contributed by atoms with Crippen LogP contribution in [0.2, 0.25) is 0 Å². The van der Waals surface area contributed by atoms with Gasteiger partial charge < -0.3 is 23.4 Å². The second-order valence-electron chi connectivity index (χ2n) is 12.1. The van der Waals surface area contributed by atoms with Crippen LogP contribution in [-0.4, -0.2) is 54.8 Å². The summed E-state index contributed by atoms with van der Waals surface area (Å²) in [7, 11) is 3.76. The number of para-hydroxylation sites is 3. The molecular formula is C36H42N10O3. The zero-order chi connectivity index (χ0) is 35.0. The van der Waals surface area contributed by atoms with Gasteiger partial charge in [-0.2, -0.15) is 20.2 Å². The van der Waals surface area contributed by atoms with Crippen LogP contribution in [0.4, 0.5) is 0 Å². The number of rotatable bonds is 9. The normalized spacial score (nSPS) is 13.5. The van der Waals surface area contributed by atoms with E-state index in [2.05, 4.69) is 20.2 Å². The molecule has 4 heterocycles. The minimum absolute atomic E-state index is 0.359. The minimum Gasteiger partial charge on any atom is -0.389 e. The van der Waals surface area contributed by atoms with Gasteiger partial charge in [0.05, 0.1) is 39.6 Å². The first kappa shape index (κ1) is 33.3. The second-order valence-corrected chi connectivity index (χ2v) is 12.1. The van der Waals surface area contributed by atoms with Gasteiger partial charge in [0.1, 0.15) is 11.4 Å². The summed E-state index contributed by atoms with van der Waals surface area (Å²) in [6, 6.07) is 17.2. The quantitative estimate of drug-likeness (QED) is 0.233. The van der Waals surface area contributed by atoms with E-state index in [1.165, 1.54) is 0 Å². The first-order valence-electron chi connectivity index (χ1n) is 16.5. The monoisotopic (exact) mass is 662 g/mol. The Balaban J connectivity index is 1.41. The molecule has 0 bridgehead atoms. The summed E-state index contributed by atoms with van der Waals surface area (Å²) in [6.07, 6.45) is 3.30. The third-order valence-corrected chi connectivity index (χ3v) is 8.73. The minimum atomic E-state index is -0.721. The van der Waals surface area contributed by atoms with Crippen molar-refractivity contribution in [3.8, 4) is 0 Å². The maximum atomic E-state index is 13.5. The molecule has 1 unspecified atom stereocenters. The van der Waals surface area contributed by atoms with E-state index in [1.807, 2.05) is 115 Å².